The van der Waals surface area contributed by atoms with Gasteiger partial charge in [0, 0.05) is 17.3 Å². The van der Waals surface area contributed by atoms with Gasteiger partial charge in [-0.15, -0.1) is 0 Å². The van der Waals surface area contributed by atoms with Crippen molar-refractivity contribution in [1.82, 2.24) is 9.38 Å². The van der Waals surface area contributed by atoms with Crippen molar-refractivity contribution in [2.75, 3.05) is 13.2 Å². The Bertz CT molecular complexity index is 1110. The first-order valence-electron chi connectivity index (χ1n) is 8.74. The number of fused-ring (bicyclic) bond motifs is 1. The summed E-state index contributed by atoms with van der Waals surface area (Å²) in [5, 5.41) is 0. The Hall–Kier alpha value is -3.69. The molecule has 2 heterocycles. The molecule has 0 spiro atoms. The molecule has 10 heteroatoms. The summed E-state index contributed by atoms with van der Waals surface area (Å²) in [7, 11) is 0. The maximum absolute atomic E-state index is 12.5. The number of alkyl halides is 3. The monoisotopic (exact) mass is 420 g/mol. The van der Waals surface area contributed by atoms with Crippen LogP contribution in [0.25, 0.3) is 16.9 Å². The predicted octanol–water partition coefficient (Wildman–Crippen LogP) is 3.47. The number of imidazole rings is 1. The van der Waals surface area contributed by atoms with E-state index in [1.165, 1.54) is 22.7 Å². The summed E-state index contributed by atoms with van der Waals surface area (Å²) in [6.07, 6.45) is -3.44. The van der Waals surface area contributed by atoms with Gasteiger partial charge in [0.25, 0.3) is 5.78 Å². The number of ether oxygens (including phenoxy) is 2. The lowest BCUT2D eigenvalue weighted by atomic mass is 10.1. The summed E-state index contributed by atoms with van der Waals surface area (Å²) in [6.45, 7) is -0.0943. The van der Waals surface area contributed by atoms with E-state index in [1.807, 2.05) is 0 Å². The predicted molar refractivity (Wildman–Crippen MR) is 97.9 cm³/mol. The minimum atomic E-state index is -4.75. The normalized spacial score (nSPS) is 11.3. The topological polar surface area (TPSA) is 87.0 Å². The molecule has 0 saturated carbocycles. The number of benzene rings is 1. The Morgan fingerprint density at radius 3 is 2.40 bits per heavy atom. The first-order chi connectivity index (χ1) is 14.2. The molecule has 0 amide bonds. The Labute approximate surface area is 168 Å². The van der Waals surface area contributed by atoms with E-state index in [4.69, 9.17) is 4.74 Å². The van der Waals surface area contributed by atoms with Gasteiger partial charge in [-0.2, -0.15) is 13.2 Å². The SMILES string of the molecule is CCOC(=O)c1c(-c2ccccc2)nc2cc(C(=O)C(=O)OCC(F)(F)F)ccn12. The molecule has 30 heavy (non-hydrogen) atoms. The molecule has 0 aliphatic heterocycles. The lowest BCUT2D eigenvalue weighted by Crippen LogP contribution is -2.25. The van der Waals surface area contributed by atoms with Crippen molar-refractivity contribution < 1.29 is 37.0 Å². The van der Waals surface area contributed by atoms with Crippen LogP contribution in [-0.2, 0) is 14.3 Å². The summed E-state index contributed by atoms with van der Waals surface area (Å²) < 4.78 is 47.0. The van der Waals surface area contributed by atoms with Crippen LogP contribution in [0.1, 0.15) is 27.8 Å². The molecule has 0 fully saturated rings. The molecule has 0 aliphatic carbocycles. The fraction of sp³-hybridized carbons (Fsp3) is 0.200. The zero-order valence-electron chi connectivity index (χ0n) is 15.6. The van der Waals surface area contributed by atoms with Crippen LogP contribution in [0.15, 0.2) is 48.7 Å². The Balaban J connectivity index is 2.01. The van der Waals surface area contributed by atoms with Crippen LogP contribution in [0.4, 0.5) is 13.2 Å². The molecule has 0 N–H and O–H groups in total. The van der Waals surface area contributed by atoms with Crippen molar-refractivity contribution in [2.24, 2.45) is 0 Å². The quantitative estimate of drug-likeness (QED) is 0.345. The van der Waals surface area contributed by atoms with Crippen LogP contribution in [-0.4, -0.2) is 46.5 Å². The standard InChI is InChI=1S/C20H15F3N2O5/c1-2-29-18(27)16-15(12-6-4-3-5-7-12)24-14-10-13(8-9-25(14)16)17(26)19(28)30-11-20(21,22)23/h3-10H,2,11H2,1H3. The second kappa shape index (κ2) is 8.36. The van der Waals surface area contributed by atoms with E-state index >= 15 is 0 Å². The summed E-state index contributed by atoms with van der Waals surface area (Å²) in [5.74, 6) is -3.55. The van der Waals surface area contributed by atoms with Crippen LogP contribution in [0.2, 0.25) is 0 Å². The van der Waals surface area contributed by atoms with Crippen molar-refractivity contribution in [3.8, 4) is 11.3 Å². The van der Waals surface area contributed by atoms with Crippen LogP contribution in [0, 0.1) is 0 Å². The summed E-state index contributed by atoms with van der Waals surface area (Å²) in [6, 6.07) is 11.1. The van der Waals surface area contributed by atoms with Gasteiger partial charge in [0.15, 0.2) is 12.3 Å². The number of carbonyl (C=O) groups is 3. The van der Waals surface area contributed by atoms with Gasteiger partial charge < -0.3 is 9.47 Å². The summed E-state index contributed by atoms with van der Waals surface area (Å²) in [5.41, 5.74) is 0.915. The Kier molecular flexibility index (Phi) is 5.86. The molecule has 0 saturated heterocycles. The molecule has 0 radical (unpaired) electrons. The zero-order valence-corrected chi connectivity index (χ0v) is 15.6. The third-order valence-electron chi connectivity index (χ3n) is 3.96. The number of esters is 2. The van der Waals surface area contributed by atoms with Gasteiger partial charge in [0.2, 0.25) is 0 Å². The second-order valence-electron chi connectivity index (χ2n) is 6.06. The number of aromatic nitrogens is 2. The number of pyridine rings is 1. The fourth-order valence-electron chi connectivity index (χ4n) is 2.71. The van der Waals surface area contributed by atoms with E-state index in [2.05, 4.69) is 9.72 Å². The number of Topliss-reactive ketones (excluding diaryl/α,β-unsaturated/α-hetero) is 1. The largest absolute Gasteiger partial charge is 0.461 e. The number of rotatable bonds is 6. The highest BCUT2D eigenvalue weighted by Crippen LogP contribution is 2.26. The first-order valence-corrected chi connectivity index (χ1v) is 8.74. The van der Waals surface area contributed by atoms with Crippen molar-refractivity contribution in [3.63, 3.8) is 0 Å². The van der Waals surface area contributed by atoms with E-state index in [-0.39, 0.29) is 23.5 Å². The van der Waals surface area contributed by atoms with Crippen molar-refractivity contribution in [3.05, 3.63) is 59.9 Å². The van der Waals surface area contributed by atoms with Crippen LogP contribution in [0.5, 0.6) is 0 Å². The number of ketones is 1. The van der Waals surface area contributed by atoms with E-state index < -0.39 is 30.5 Å². The van der Waals surface area contributed by atoms with E-state index in [0.717, 1.165) is 0 Å². The smallest absolute Gasteiger partial charge is 0.422 e. The lowest BCUT2D eigenvalue weighted by molar-refractivity contribution is -0.182. The molecular weight excluding hydrogens is 405 g/mol. The van der Waals surface area contributed by atoms with Gasteiger partial charge in [0.05, 0.1) is 6.61 Å². The number of halogens is 3. The van der Waals surface area contributed by atoms with Gasteiger partial charge in [-0.1, -0.05) is 30.3 Å². The summed E-state index contributed by atoms with van der Waals surface area (Å²) >= 11 is 0. The molecular formula is C20H15F3N2O5. The van der Waals surface area contributed by atoms with Crippen LogP contribution in [0.3, 0.4) is 0 Å². The van der Waals surface area contributed by atoms with Crippen LogP contribution >= 0.6 is 0 Å². The molecule has 2 aromatic heterocycles. The maximum Gasteiger partial charge on any atom is 0.422 e. The van der Waals surface area contributed by atoms with Crippen molar-refractivity contribution in [2.45, 2.75) is 13.1 Å². The third-order valence-corrected chi connectivity index (χ3v) is 3.96. The molecule has 3 aromatic rings. The molecule has 1 aromatic carbocycles. The third kappa shape index (κ3) is 4.48. The van der Waals surface area contributed by atoms with Crippen molar-refractivity contribution >= 4 is 23.4 Å². The van der Waals surface area contributed by atoms with Gasteiger partial charge in [0.1, 0.15) is 11.3 Å². The Morgan fingerprint density at radius 1 is 1.07 bits per heavy atom. The molecule has 7 nitrogen and oxygen atoms in total. The van der Waals surface area contributed by atoms with E-state index in [0.29, 0.717) is 11.3 Å². The molecule has 0 unspecified atom stereocenters. The average molecular weight is 420 g/mol. The van der Waals surface area contributed by atoms with E-state index in [9.17, 15) is 27.6 Å². The molecule has 0 bridgehead atoms. The van der Waals surface area contributed by atoms with Crippen molar-refractivity contribution in [1.29, 1.82) is 0 Å². The summed E-state index contributed by atoms with van der Waals surface area (Å²) in [4.78, 5) is 40.6. The van der Waals surface area contributed by atoms with Crippen LogP contribution < -0.4 is 0 Å². The number of nitrogens with zero attached hydrogens (tertiary/aromatic N) is 2. The molecule has 0 atom stereocenters. The molecule has 3 rings (SSSR count). The van der Waals surface area contributed by atoms with Gasteiger partial charge in [-0.25, -0.2) is 14.6 Å². The van der Waals surface area contributed by atoms with Gasteiger partial charge in [-0.05, 0) is 19.1 Å². The lowest BCUT2D eigenvalue weighted by Gasteiger charge is -2.07. The highest BCUT2D eigenvalue weighted by Gasteiger charge is 2.31. The number of carbonyl (C=O) groups excluding carboxylic acids is 3. The molecule has 156 valence electrons. The fourth-order valence-corrected chi connectivity index (χ4v) is 2.71. The molecule has 0 aliphatic rings. The van der Waals surface area contributed by atoms with E-state index in [1.54, 1.807) is 37.3 Å². The maximum atomic E-state index is 12.5. The number of hydrogen-bond donors (Lipinski definition) is 0. The minimum Gasteiger partial charge on any atom is -0.461 e. The first kappa shape index (κ1) is 21.0. The van der Waals surface area contributed by atoms with Gasteiger partial charge in [-0.3, -0.25) is 9.20 Å². The average Bonchev–Trinajstić information content (AvgIpc) is 3.10. The second-order valence-corrected chi connectivity index (χ2v) is 6.06. The minimum absolute atomic E-state index is 0.108. The Morgan fingerprint density at radius 2 is 1.77 bits per heavy atom. The van der Waals surface area contributed by atoms with Gasteiger partial charge >= 0.3 is 18.1 Å². The number of hydrogen-bond acceptors (Lipinski definition) is 6. The zero-order chi connectivity index (χ0) is 21.9. The highest BCUT2D eigenvalue weighted by atomic mass is 19.4. The highest BCUT2D eigenvalue weighted by molar-refractivity contribution is 6.40.